The molecule has 0 radical (unpaired) electrons. The van der Waals surface area contributed by atoms with Crippen LogP contribution in [0.4, 0.5) is 0 Å². The van der Waals surface area contributed by atoms with Gasteiger partial charge in [0, 0.05) is 28.2 Å². The van der Waals surface area contributed by atoms with Crippen LogP contribution < -0.4 is 0 Å². The van der Waals surface area contributed by atoms with Crippen molar-refractivity contribution in [2.24, 2.45) is 0 Å². The molecular formula is C12H12BrCl2NO3S. The number of amides is 1. The average molecular weight is 401 g/mol. The molecule has 8 heteroatoms. The van der Waals surface area contributed by atoms with E-state index in [9.17, 15) is 13.2 Å². The lowest BCUT2D eigenvalue weighted by atomic mass is 9.91. The summed E-state index contributed by atoms with van der Waals surface area (Å²) in [7, 11) is 3.02. The molecule has 0 N–H and O–H groups in total. The number of carbonyl (C=O) groups is 1. The molecule has 1 aromatic carbocycles. The fourth-order valence-electron chi connectivity index (χ4n) is 2.03. The Balaban J connectivity index is 2.46. The molecule has 1 saturated carbocycles. The standard InChI is InChI=1S/C12H12BrCl2NO3S/c1-16(8-3-2-4-8)12(17)9-5-7(13)6-10(11(9)14)20(15,18)19/h5-6,8H,2-4H2,1H3. The fourth-order valence-corrected chi connectivity index (χ4v) is 4.21. The quantitative estimate of drug-likeness (QED) is 0.727. The molecule has 1 aliphatic rings. The van der Waals surface area contributed by atoms with Crippen LogP contribution in [0.15, 0.2) is 21.5 Å². The molecule has 2 rings (SSSR count). The number of nitrogens with zero attached hydrogens (tertiary/aromatic N) is 1. The Kier molecular flexibility index (Phi) is 4.69. The van der Waals surface area contributed by atoms with Gasteiger partial charge >= 0.3 is 0 Å². The predicted octanol–water partition coefficient (Wildman–Crippen LogP) is 3.65. The first-order valence-electron chi connectivity index (χ1n) is 5.92. The molecule has 0 heterocycles. The van der Waals surface area contributed by atoms with Gasteiger partial charge in [-0.1, -0.05) is 27.5 Å². The molecule has 0 saturated heterocycles. The maximum atomic E-state index is 12.4. The Bertz CT molecular complexity index is 659. The third-order valence-corrected chi connectivity index (χ3v) is 5.76. The second kappa shape index (κ2) is 5.83. The van der Waals surface area contributed by atoms with E-state index in [-0.39, 0.29) is 27.4 Å². The molecule has 0 bridgehead atoms. The monoisotopic (exact) mass is 399 g/mol. The molecule has 20 heavy (non-hydrogen) atoms. The first-order valence-corrected chi connectivity index (χ1v) is 9.40. The van der Waals surface area contributed by atoms with Gasteiger partial charge in [-0.15, -0.1) is 0 Å². The molecule has 1 fully saturated rings. The van der Waals surface area contributed by atoms with Gasteiger partial charge in [-0.3, -0.25) is 4.79 Å². The van der Waals surface area contributed by atoms with Crippen molar-refractivity contribution < 1.29 is 13.2 Å². The Morgan fingerprint density at radius 1 is 1.40 bits per heavy atom. The Labute approximate surface area is 135 Å². The zero-order chi connectivity index (χ0) is 15.1. The molecule has 0 unspecified atom stereocenters. The molecule has 0 spiro atoms. The minimum atomic E-state index is -4.01. The number of rotatable bonds is 3. The number of benzene rings is 1. The second-order valence-electron chi connectivity index (χ2n) is 4.70. The van der Waals surface area contributed by atoms with E-state index >= 15 is 0 Å². The maximum Gasteiger partial charge on any atom is 0.262 e. The molecule has 110 valence electrons. The van der Waals surface area contributed by atoms with Gasteiger partial charge in [-0.05, 0) is 31.4 Å². The van der Waals surface area contributed by atoms with Crippen LogP contribution >= 0.6 is 38.2 Å². The van der Waals surface area contributed by atoms with E-state index in [1.165, 1.54) is 12.1 Å². The summed E-state index contributed by atoms with van der Waals surface area (Å²) in [6, 6.07) is 2.98. The zero-order valence-electron chi connectivity index (χ0n) is 10.6. The van der Waals surface area contributed by atoms with Gasteiger partial charge in [-0.2, -0.15) is 0 Å². The molecule has 1 aliphatic carbocycles. The molecule has 0 atom stereocenters. The summed E-state index contributed by atoms with van der Waals surface area (Å²) >= 11 is 9.21. The lowest BCUT2D eigenvalue weighted by Gasteiger charge is -2.35. The third-order valence-electron chi connectivity index (χ3n) is 3.44. The highest BCUT2D eigenvalue weighted by Gasteiger charge is 2.29. The minimum absolute atomic E-state index is 0.134. The van der Waals surface area contributed by atoms with E-state index in [0.717, 1.165) is 19.3 Å². The van der Waals surface area contributed by atoms with Crippen LogP contribution in [0.5, 0.6) is 0 Å². The van der Waals surface area contributed by atoms with E-state index in [1.807, 2.05) is 0 Å². The van der Waals surface area contributed by atoms with Crippen LogP contribution in [0.2, 0.25) is 5.02 Å². The van der Waals surface area contributed by atoms with Crippen molar-refractivity contribution in [1.82, 2.24) is 4.90 Å². The summed E-state index contributed by atoms with van der Waals surface area (Å²) in [5.41, 5.74) is 0.134. The van der Waals surface area contributed by atoms with Gasteiger partial charge < -0.3 is 4.90 Å². The molecule has 4 nitrogen and oxygen atoms in total. The van der Waals surface area contributed by atoms with Crippen LogP contribution in [0.1, 0.15) is 29.6 Å². The van der Waals surface area contributed by atoms with Gasteiger partial charge in [-0.25, -0.2) is 8.42 Å². The fraction of sp³-hybridized carbons (Fsp3) is 0.417. The van der Waals surface area contributed by atoms with Gasteiger partial charge in [0.1, 0.15) is 4.90 Å². The summed E-state index contributed by atoms with van der Waals surface area (Å²) in [4.78, 5) is 13.7. The van der Waals surface area contributed by atoms with E-state index in [1.54, 1.807) is 11.9 Å². The lowest BCUT2D eigenvalue weighted by Crippen LogP contribution is -2.41. The predicted molar refractivity (Wildman–Crippen MR) is 81.9 cm³/mol. The Morgan fingerprint density at radius 3 is 2.45 bits per heavy atom. The van der Waals surface area contributed by atoms with Crippen molar-refractivity contribution in [2.75, 3.05) is 7.05 Å². The van der Waals surface area contributed by atoms with Gasteiger partial charge in [0.05, 0.1) is 10.6 Å². The SMILES string of the molecule is CN(C(=O)c1cc(Br)cc(S(=O)(=O)Cl)c1Cl)C1CCC1. The number of hydrogen-bond acceptors (Lipinski definition) is 3. The van der Waals surface area contributed by atoms with Crippen molar-refractivity contribution in [1.29, 1.82) is 0 Å². The average Bonchev–Trinajstić information content (AvgIpc) is 2.27. The third kappa shape index (κ3) is 3.13. The maximum absolute atomic E-state index is 12.4. The first-order chi connectivity index (χ1) is 9.21. The van der Waals surface area contributed by atoms with Crippen LogP contribution in [0.25, 0.3) is 0 Å². The topological polar surface area (TPSA) is 54.5 Å². The zero-order valence-corrected chi connectivity index (χ0v) is 14.5. The van der Waals surface area contributed by atoms with E-state index < -0.39 is 9.05 Å². The van der Waals surface area contributed by atoms with Crippen LogP contribution in [-0.2, 0) is 9.05 Å². The highest BCUT2D eigenvalue weighted by atomic mass is 79.9. The molecular weight excluding hydrogens is 389 g/mol. The highest BCUT2D eigenvalue weighted by molar-refractivity contribution is 9.10. The first kappa shape index (κ1) is 16.1. The summed E-state index contributed by atoms with van der Waals surface area (Å²) < 4.78 is 23.4. The van der Waals surface area contributed by atoms with E-state index in [0.29, 0.717) is 4.47 Å². The number of hydrogen-bond donors (Lipinski definition) is 0. The smallest absolute Gasteiger partial charge is 0.262 e. The lowest BCUT2D eigenvalue weighted by molar-refractivity contribution is 0.0652. The minimum Gasteiger partial charge on any atom is -0.339 e. The van der Waals surface area contributed by atoms with Crippen LogP contribution in [0.3, 0.4) is 0 Å². The summed E-state index contributed by atoms with van der Waals surface area (Å²) in [5, 5.41) is -0.139. The van der Waals surface area contributed by atoms with Crippen LogP contribution in [-0.4, -0.2) is 32.3 Å². The van der Waals surface area contributed by atoms with E-state index in [2.05, 4.69) is 15.9 Å². The summed E-state index contributed by atoms with van der Waals surface area (Å²) in [5.74, 6) is -0.303. The normalized spacial score (nSPS) is 15.8. The number of halogens is 3. The van der Waals surface area contributed by atoms with Crippen molar-refractivity contribution in [2.45, 2.75) is 30.2 Å². The Morgan fingerprint density at radius 2 is 2.00 bits per heavy atom. The van der Waals surface area contributed by atoms with Crippen molar-refractivity contribution in [3.63, 3.8) is 0 Å². The van der Waals surface area contributed by atoms with Crippen molar-refractivity contribution in [3.05, 3.63) is 27.2 Å². The van der Waals surface area contributed by atoms with E-state index in [4.69, 9.17) is 22.3 Å². The van der Waals surface area contributed by atoms with Gasteiger partial charge in [0.15, 0.2) is 0 Å². The highest BCUT2D eigenvalue weighted by Crippen LogP contribution is 2.33. The Hall–Kier alpha value is -0.300. The molecule has 0 aromatic heterocycles. The molecule has 1 aromatic rings. The second-order valence-corrected chi connectivity index (χ2v) is 8.53. The summed E-state index contributed by atoms with van der Waals surface area (Å²) in [6.07, 6.45) is 3.00. The van der Waals surface area contributed by atoms with Gasteiger partial charge in [0.25, 0.3) is 15.0 Å². The van der Waals surface area contributed by atoms with Gasteiger partial charge in [0.2, 0.25) is 0 Å². The van der Waals surface area contributed by atoms with Crippen LogP contribution in [0, 0.1) is 0 Å². The molecule has 0 aliphatic heterocycles. The number of carbonyl (C=O) groups excluding carboxylic acids is 1. The molecule has 1 amide bonds. The van der Waals surface area contributed by atoms with Crippen molar-refractivity contribution >= 4 is 53.2 Å². The summed E-state index contributed by atoms with van der Waals surface area (Å²) in [6.45, 7) is 0. The largest absolute Gasteiger partial charge is 0.339 e. The van der Waals surface area contributed by atoms with Crippen molar-refractivity contribution in [3.8, 4) is 0 Å².